The quantitative estimate of drug-likeness (QED) is 0.497. The Balaban J connectivity index is 1.34. The summed E-state index contributed by atoms with van der Waals surface area (Å²) in [5.74, 6) is 1.60. The third-order valence-electron chi connectivity index (χ3n) is 5.47. The minimum absolute atomic E-state index is 0.197. The molecule has 0 aliphatic carbocycles. The number of H-pyrrole nitrogens is 1. The van der Waals surface area contributed by atoms with Crippen molar-refractivity contribution >= 4 is 33.7 Å². The monoisotopic (exact) mass is 388 g/mol. The molecule has 0 unspecified atom stereocenters. The van der Waals surface area contributed by atoms with Crippen LogP contribution in [0.25, 0.3) is 22.1 Å². The van der Waals surface area contributed by atoms with Crippen LogP contribution < -0.4 is 10.2 Å². The first-order valence-electron chi connectivity index (χ1n) is 10.0. The van der Waals surface area contributed by atoms with Crippen molar-refractivity contribution in [3.05, 3.63) is 53.9 Å². The van der Waals surface area contributed by atoms with E-state index in [1.807, 2.05) is 12.1 Å². The Labute approximate surface area is 168 Å². The number of rotatable bonds is 4. The Hall–Kier alpha value is -3.19. The molecule has 7 heteroatoms. The normalized spacial score (nSPS) is 15.3. The van der Waals surface area contributed by atoms with E-state index in [4.69, 9.17) is 4.98 Å². The number of anilines is 2. The van der Waals surface area contributed by atoms with E-state index in [0.717, 1.165) is 48.5 Å². The number of nitrogens with one attached hydrogen (secondary N) is 2. The highest BCUT2D eigenvalue weighted by Gasteiger charge is 2.18. The van der Waals surface area contributed by atoms with Crippen molar-refractivity contribution in [3.8, 4) is 0 Å². The highest BCUT2D eigenvalue weighted by molar-refractivity contribution is 5.81. The summed E-state index contributed by atoms with van der Waals surface area (Å²) in [5.41, 5.74) is 4.91. The van der Waals surface area contributed by atoms with Gasteiger partial charge in [-0.15, -0.1) is 0 Å². The molecular formula is C22H24N6O. The Morgan fingerprint density at radius 2 is 2.00 bits per heavy atom. The molecule has 7 nitrogen and oxygen atoms in total. The smallest absolute Gasteiger partial charge is 0.182 e. The fourth-order valence-corrected chi connectivity index (χ4v) is 3.87. The zero-order valence-corrected chi connectivity index (χ0v) is 16.4. The number of aromatic amines is 1. The van der Waals surface area contributed by atoms with Crippen molar-refractivity contribution in [3.63, 3.8) is 0 Å². The largest absolute Gasteiger partial charge is 0.393 e. The topological polar surface area (TPSA) is 90.0 Å². The van der Waals surface area contributed by atoms with Crippen LogP contribution in [0.15, 0.2) is 42.6 Å². The first kappa shape index (κ1) is 17.9. The lowest BCUT2D eigenvalue weighted by Gasteiger charge is -2.30. The SMILES string of the molecule is Cc1cc2cc(CNc3cnc4ccc(N5CCC(O)CC5)nc4n3)ccc2[nH]1. The summed E-state index contributed by atoms with van der Waals surface area (Å²) in [6.45, 7) is 4.36. The first-order valence-corrected chi connectivity index (χ1v) is 10.0. The molecule has 0 bridgehead atoms. The van der Waals surface area contributed by atoms with Crippen molar-refractivity contribution < 1.29 is 5.11 Å². The number of aromatic nitrogens is 4. The van der Waals surface area contributed by atoms with Gasteiger partial charge in [0.15, 0.2) is 5.65 Å². The number of aryl methyl sites for hydroxylation is 1. The molecule has 0 spiro atoms. The molecule has 3 aromatic heterocycles. The van der Waals surface area contributed by atoms with E-state index in [-0.39, 0.29) is 6.10 Å². The summed E-state index contributed by atoms with van der Waals surface area (Å²) in [7, 11) is 0. The molecule has 0 saturated carbocycles. The number of hydrogen-bond donors (Lipinski definition) is 3. The number of aliphatic hydroxyl groups excluding tert-OH is 1. The highest BCUT2D eigenvalue weighted by atomic mass is 16.3. The van der Waals surface area contributed by atoms with Crippen molar-refractivity contribution in [2.45, 2.75) is 32.4 Å². The van der Waals surface area contributed by atoms with Crippen molar-refractivity contribution in [2.75, 3.05) is 23.3 Å². The molecule has 3 N–H and O–H groups in total. The van der Waals surface area contributed by atoms with E-state index in [9.17, 15) is 5.11 Å². The molecule has 0 atom stereocenters. The fraction of sp³-hybridized carbons (Fsp3) is 0.318. The molecule has 1 aliphatic rings. The molecular weight excluding hydrogens is 364 g/mol. The van der Waals surface area contributed by atoms with Crippen LogP contribution in [0.3, 0.4) is 0 Å². The molecule has 1 saturated heterocycles. The van der Waals surface area contributed by atoms with E-state index >= 15 is 0 Å². The molecule has 148 valence electrons. The van der Waals surface area contributed by atoms with Crippen LogP contribution in [0.1, 0.15) is 24.1 Å². The fourth-order valence-electron chi connectivity index (χ4n) is 3.87. The Kier molecular flexibility index (Phi) is 4.52. The van der Waals surface area contributed by atoms with Gasteiger partial charge in [-0.25, -0.2) is 15.0 Å². The molecule has 0 amide bonds. The predicted molar refractivity (Wildman–Crippen MR) is 115 cm³/mol. The first-order chi connectivity index (χ1) is 14.1. The van der Waals surface area contributed by atoms with Gasteiger partial charge in [0.2, 0.25) is 0 Å². The number of nitrogens with zero attached hydrogens (tertiary/aromatic N) is 4. The lowest BCUT2D eigenvalue weighted by Crippen LogP contribution is -2.36. The van der Waals surface area contributed by atoms with Crippen molar-refractivity contribution in [1.82, 2.24) is 19.9 Å². The average Bonchev–Trinajstić information content (AvgIpc) is 3.11. The van der Waals surface area contributed by atoms with Gasteiger partial charge < -0.3 is 20.3 Å². The van der Waals surface area contributed by atoms with Gasteiger partial charge >= 0.3 is 0 Å². The molecule has 1 aromatic carbocycles. The van der Waals surface area contributed by atoms with Gasteiger partial charge in [0.25, 0.3) is 0 Å². The van der Waals surface area contributed by atoms with Crippen LogP contribution in [0.5, 0.6) is 0 Å². The molecule has 29 heavy (non-hydrogen) atoms. The van der Waals surface area contributed by atoms with Gasteiger partial charge in [-0.05, 0) is 61.0 Å². The second-order valence-electron chi connectivity index (χ2n) is 7.71. The van der Waals surface area contributed by atoms with Crippen LogP contribution in [-0.4, -0.2) is 44.2 Å². The lowest BCUT2D eigenvalue weighted by atomic mass is 10.1. The zero-order chi connectivity index (χ0) is 19.8. The van der Waals surface area contributed by atoms with Gasteiger partial charge in [0.1, 0.15) is 17.2 Å². The second kappa shape index (κ2) is 7.33. The maximum atomic E-state index is 9.72. The average molecular weight is 388 g/mol. The summed E-state index contributed by atoms with van der Waals surface area (Å²) in [5, 5.41) is 14.3. The van der Waals surface area contributed by atoms with E-state index in [2.05, 4.69) is 56.4 Å². The molecule has 0 radical (unpaired) electrons. The van der Waals surface area contributed by atoms with Gasteiger partial charge in [0.05, 0.1) is 12.3 Å². The second-order valence-corrected chi connectivity index (χ2v) is 7.71. The van der Waals surface area contributed by atoms with Crippen LogP contribution >= 0.6 is 0 Å². The van der Waals surface area contributed by atoms with Gasteiger partial charge in [-0.3, -0.25) is 0 Å². The van der Waals surface area contributed by atoms with Gasteiger partial charge in [0, 0.05) is 30.8 Å². The summed E-state index contributed by atoms with van der Waals surface area (Å²) >= 11 is 0. The highest BCUT2D eigenvalue weighted by Crippen LogP contribution is 2.21. The summed E-state index contributed by atoms with van der Waals surface area (Å²) in [6.07, 6.45) is 3.10. The number of aliphatic hydroxyl groups is 1. The number of pyridine rings is 1. The molecule has 1 fully saturated rings. The zero-order valence-electron chi connectivity index (χ0n) is 16.4. The van der Waals surface area contributed by atoms with E-state index in [1.165, 1.54) is 10.9 Å². The minimum Gasteiger partial charge on any atom is -0.393 e. The van der Waals surface area contributed by atoms with Gasteiger partial charge in [-0.1, -0.05) is 6.07 Å². The summed E-state index contributed by atoms with van der Waals surface area (Å²) in [6, 6.07) is 12.5. The maximum Gasteiger partial charge on any atom is 0.182 e. The number of hydrogen-bond acceptors (Lipinski definition) is 6. The minimum atomic E-state index is -0.197. The predicted octanol–water partition coefficient (Wildman–Crippen LogP) is 3.39. The van der Waals surface area contributed by atoms with E-state index in [1.54, 1.807) is 6.20 Å². The third-order valence-corrected chi connectivity index (χ3v) is 5.47. The van der Waals surface area contributed by atoms with Crippen molar-refractivity contribution in [1.29, 1.82) is 0 Å². The summed E-state index contributed by atoms with van der Waals surface area (Å²) in [4.78, 5) is 19.4. The van der Waals surface area contributed by atoms with Crippen LogP contribution in [0.2, 0.25) is 0 Å². The number of piperidine rings is 1. The number of benzene rings is 1. The third kappa shape index (κ3) is 3.73. The number of fused-ring (bicyclic) bond motifs is 2. The van der Waals surface area contributed by atoms with Gasteiger partial charge in [-0.2, -0.15) is 0 Å². The molecule has 4 aromatic rings. The Morgan fingerprint density at radius 3 is 2.86 bits per heavy atom. The standard InChI is InChI=1S/C22H24N6O/c1-14-10-16-11-15(2-3-18(16)25-14)12-24-20-13-23-19-4-5-21(27-22(19)26-20)28-8-6-17(29)7-9-28/h2-5,10-11,13,17,25,29H,6-9,12H2,1H3,(H,24,26,27). The molecule has 4 heterocycles. The van der Waals surface area contributed by atoms with Crippen LogP contribution in [0.4, 0.5) is 11.6 Å². The molecule has 1 aliphatic heterocycles. The summed E-state index contributed by atoms with van der Waals surface area (Å²) < 4.78 is 0. The maximum absolute atomic E-state index is 9.72. The van der Waals surface area contributed by atoms with Crippen LogP contribution in [0, 0.1) is 6.92 Å². The van der Waals surface area contributed by atoms with Crippen LogP contribution in [-0.2, 0) is 6.54 Å². The van der Waals surface area contributed by atoms with Crippen molar-refractivity contribution in [2.24, 2.45) is 0 Å². The lowest BCUT2D eigenvalue weighted by molar-refractivity contribution is 0.145. The Morgan fingerprint density at radius 1 is 1.14 bits per heavy atom. The van der Waals surface area contributed by atoms with E-state index < -0.39 is 0 Å². The molecule has 5 rings (SSSR count). The Bertz CT molecular complexity index is 1160. The van der Waals surface area contributed by atoms with E-state index in [0.29, 0.717) is 18.0 Å².